The van der Waals surface area contributed by atoms with Crippen LogP contribution in [-0.2, 0) is 11.3 Å². The van der Waals surface area contributed by atoms with Crippen molar-refractivity contribution in [1.29, 1.82) is 5.41 Å². The number of nitrogens with zero attached hydrogens (tertiary/aromatic N) is 5. The first-order chi connectivity index (χ1) is 17.8. The second-order valence-electron chi connectivity index (χ2n) is 10.0. The van der Waals surface area contributed by atoms with Crippen LogP contribution >= 0.6 is 0 Å². The van der Waals surface area contributed by atoms with Crippen LogP contribution in [0.5, 0.6) is 0 Å². The van der Waals surface area contributed by atoms with Gasteiger partial charge in [0.1, 0.15) is 23.2 Å². The van der Waals surface area contributed by atoms with Crippen molar-refractivity contribution in [2.45, 2.75) is 45.2 Å². The Morgan fingerprint density at radius 2 is 1.86 bits per heavy atom. The van der Waals surface area contributed by atoms with Gasteiger partial charge in [-0.3, -0.25) is 14.5 Å². The average molecular weight is 507 g/mol. The molecule has 10 heteroatoms. The zero-order valence-corrected chi connectivity index (χ0v) is 22.1. The largest absolute Gasteiger partial charge is 0.343 e. The van der Waals surface area contributed by atoms with Crippen molar-refractivity contribution in [3.63, 3.8) is 0 Å². The van der Waals surface area contributed by atoms with Crippen molar-refractivity contribution in [2.75, 3.05) is 50.9 Å². The Balaban J connectivity index is 1.43. The third-order valence-corrected chi connectivity index (χ3v) is 7.13. The molecular weight excluding hydrogens is 468 g/mol. The molecule has 0 radical (unpaired) electrons. The molecule has 2 aromatic heterocycles. The Morgan fingerprint density at radius 3 is 2.43 bits per heavy atom. The van der Waals surface area contributed by atoms with Gasteiger partial charge in [0.25, 0.3) is 5.91 Å². The molecule has 1 aliphatic carbocycles. The Kier molecular flexibility index (Phi) is 8.27. The Bertz CT molecular complexity index is 1140. The van der Waals surface area contributed by atoms with Gasteiger partial charge in [-0.15, -0.1) is 0 Å². The first kappa shape index (κ1) is 26.4. The van der Waals surface area contributed by atoms with Gasteiger partial charge in [0.05, 0.1) is 0 Å². The van der Waals surface area contributed by atoms with E-state index in [2.05, 4.69) is 27.1 Å². The Hall–Kier alpha value is -3.66. The van der Waals surface area contributed by atoms with Gasteiger partial charge in [-0.1, -0.05) is 25.5 Å². The number of amides is 2. The van der Waals surface area contributed by atoms with E-state index < -0.39 is 0 Å². The summed E-state index contributed by atoms with van der Waals surface area (Å²) >= 11 is 0. The van der Waals surface area contributed by atoms with Crippen molar-refractivity contribution in [3.05, 3.63) is 53.6 Å². The summed E-state index contributed by atoms with van der Waals surface area (Å²) in [4.78, 5) is 34.8. The lowest BCUT2D eigenvalue weighted by Crippen LogP contribution is -2.47. The molecule has 2 fully saturated rings. The number of rotatable bonds is 9. The minimum absolute atomic E-state index is 0.0819. The van der Waals surface area contributed by atoms with E-state index in [-0.39, 0.29) is 17.9 Å². The maximum Gasteiger partial charge on any atom is 0.270 e. The number of piperazine rings is 1. The molecule has 37 heavy (non-hydrogen) atoms. The lowest BCUT2D eigenvalue weighted by molar-refractivity contribution is -0.130. The van der Waals surface area contributed by atoms with Crippen LogP contribution in [0.15, 0.2) is 36.8 Å². The Labute approximate surface area is 218 Å². The van der Waals surface area contributed by atoms with Crippen LogP contribution < -0.4 is 10.6 Å². The third-order valence-electron chi connectivity index (χ3n) is 7.13. The van der Waals surface area contributed by atoms with E-state index in [0.717, 1.165) is 64.0 Å². The molecule has 10 nitrogen and oxygen atoms in total. The standard InChI is InChI=1S/C27H38N8O2/c1-19(30-25-10-9-21(17-29-25)18-33-11-13-34(14-12-33)20(2)36)31-26-22(16-28)15-24(27(37)32(3)4)35(26)23-7-5-6-8-23/h9-10,15-17,23,28,31H,1,5-8,11-14,18H2,2-4H3,(H,29,30). The van der Waals surface area contributed by atoms with Crippen LogP contribution in [0.3, 0.4) is 0 Å². The maximum absolute atomic E-state index is 12.9. The summed E-state index contributed by atoms with van der Waals surface area (Å²) in [5.74, 6) is 1.93. The molecule has 2 aliphatic rings. The van der Waals surface area contributed by atoms with Gasteiger partial charge in [0.2, 0.25) is 5.91 Å². The van der Waals surface area contributed by atoms with Crippen LogP contribution in [0.4, 0.5) is 11.6 Å². The molecule has 2 amide bonds. The first-order valence-corrected chi connectivity index (χ1v) is 12.9. The molecule has 0 spiro atoms. The predicted octanol–water partition coefficient (Wildman–Crippen LogP) is 3.36. The second kappa shape index (κ2) is 11.6. The monoisotopic (exact) mass is 506 g/mol. The summed E-state index contributed by atoms with van der Waals surface area (Å²) < 4.78 is 2.05. The normalized spacial score (nSPS) is 16.5. The number of hydrogen-bond acceptors (Lipinski definition) is 7. The fourth-order valence-corrected chi connectivity index (χ4v) is 5.12. The molecule has 0 aromatic carbocycles. The minimum atomic E-state index is -0.0819. The zero-order valence-electron chi connectivity index (χ0n) is 22.1. The summed E-state index contributed by atoms with van der Waals surface area (Å²) in [7, 11) is 3.49. The molecule has 1 saturated heterocycles. The van der Waals surface area contributed by atoms with E-state index in [1.54, 1.807) is 32.0 Å². The molecule has 198 valence electrons. The molecule has 0 atom stereocenters. The predicted molar refractivity (Wildman–Crippen MR) is 146 cm³/mol. The van der Waals surface area contributed by atoms with E-state index in [0.29, 0.717) is 28.7 Å². The van der Waals surface area contributed by atoms with Crippen molar-refractivity contribution in [1.82, 2.24) is 24.3 Å². The highest BCUT2D eigenvalue weighted by Crippen LogP contribution is 2.36. The molecular formula is C27H38N8O2. The van der Waals surface area contributed by atoms with Crippen molar-refractivity contribution in [3.8, 4) is 0 Å². The van der Waals surface area contributed by atoms with Gasteiger partial charge in [-0.2, -0.15) is 0 Å². The van der Waals surface area contributed by atoms with Crippen LogP contribution in [-0.4, -0.2) is 82.6 Å². The number of aromatic nitrogens is 2. The fourth-order valence-electron chi connectivity index (χ4n) is 5.12. The number of carbonyl (C=O) groups is 2. The number of hydrogen-bond donors (Lipinski definition) is 3. The van der Waals surface area contributed by atoms with E-state index in [1.165, 1.54) is 6.21 Å². The lowest BCUT2D eigenvalue weighted by atomic mass is 10.2. The molecule has 2 aromatic rings. The quantitative estimate of drug-likeness (QED) is 0.450. The zero-order chi connectivity index (χ0) is 26.5. The van der Waals surface area contributed by atoms with Crippen molar-refractivity contribution >= 4 is 29.7 Å². The number of nitrogens with one attached hydrogen (secondary N) is 3. The first-order valence-electron chi connectivity index (χ1n) is 12.9. The molecule has 3 N–H and O–H groups in total. The van der Waals surface area contributed by atoms with E-state index in [1.807, 2.05) is 27.8 Å². The topological polar surface area (TPSA) is 110 Å². The van der Waals surface area contributed by atoms with Crippen LogP contribution in [0.1, 0.15) is 60.3 Å². The third kappa shape index (κ3) is 6.19. The van der Waals surface area contributed by atoms with Gasteiger partial charge in [-0.25, -0.2) is 4.98 Å². The van der Waals surface area contributed by atoms with Gasteiger partial charge in [0, 0.05) is 77.8 Å². The summed E-state index contributed by atoms with van der Waals surface area (Å²) in [5.41, 5.74) is 2.33. The minimum Gasteiger partial charge on any atom is -0.343 e. The summed E-state index contributed by atoms with van der Waals surface area (Å²) in [6.45, 7) is 9.77. The van der Waals surface area contributed by atoms with Gasteiger partial charge < -0.3 is 30.4 Å². The average Bonchev–Trinajstić information content (AvgIpc) is 3.53. The molecule has 1 saturated carbocycles. The molecule has 0 unspecified atom stereocenters. The fraction of sp³-hybridized carbons (Fsp3) is 0.481. The summed E-state index contributed by atoms with van der Waals surface area (Å²) in [6, 6.07) is 5.95. The van der Waals surface area contributed by atoms with Gasteiger partial charge in [0.15, 0.2) is 0 Å². The highest BCUT2D eigenvalue weighted by atomic mass is 16.2. The molecule has 0 bridgehead atoms. The smallest absolute Gasteiger partial charge is 0.270 e. The number of anilines is 2. The van der Waals surface area contributed by atoms with Crippen LogP contribution in [0.25, 0.3) is 0 Å². The molecule has 4 rings (SSSR count). The second-order valence-corrected chi connectivity index (χ2v) is 10.0. The lowest BCUT2D eigenvalue weighted by Gasteiger charge is -2.34. The SMILES string of the molecule is C=C(Nc1ccc(CN2CCN(C(C)=O)CC2)cn1)Nc1c(C=N)cc(C(=O)N(C)C)n1C1CCCC1. The highest BCUT2D eigenvalue weighted by molar-refractivity contribution is 5.98. The van der Waals surface area contributed by atoms with E-state index in [4.69, 9.17) is 5.41 Å². The number of pyridine rings is 1. The highest BCUT2D eigenvalue weighted by Gasteiger charge is 2.28. The van der Waals surface area contributed by atoms with E-state index >= 15 is 0 Å². The van der Waals surface area contributed by atoms with Crippen LogP contribution in [0.2, 0.25) is 0 Å². The molecule has 3 heterocycles. The summed E-state index contributed by atoms with van der Waals surface area (Å²) in [5, 5.41) is 14.5. The van der Waals surface area contributed by atoms with Gasteiger partial charge in [-0.05, 0) is 30.5 Å². The van der Waals surface area contributed by atoms with Crippen molar-refractivity contribution < 1.29 is 9.59 Å². The maximum atomic E-state index is 12.9. The Morgan fingerprint density at radius 1 is 1.16 bits per heavy atom. The summed E-state index contributed by atoms with van der Waals surface area (Å²) in [6.07, 6.45) is 7.38. The van der Waals surface area contributed by atoms with Crippen LogP contribution in [0, 0.1) is 5.41 Å². The number of carbonyl (C=O) groups excluding carboxylic acids is 2. The van der Waals surface area contributed by atoms with E-state index in [9.17, 15) is 9.59 Å². The van der Waals surface area contributed by atoms with Crippen molar-refractivity contribution in [2.24, 2.45) is 0 Å². The molecule has 1 aliphatic heterocycles. The van der Waals surface area contributed by atoms with Gasteiger partial charge >= 0.3 is 0 Å².